The molecule has 0 bridgehead atoms. The van der Waals surface area contributed by atoms with Crippen LogP contribution in [-0.2, 0) is 4.74 Å². The van der Waals surface area contributed by atoms with Gasteiger partial charge in [-0.15, -0.1) is 0 Å². The monoisotopic (exact) mass is 195 g/mol. The molecule has 1 saturated carbocycles. The van der Waals surface area contributed by atoms with Gasteiger partial charge in [0.25, 0.3) is 0 Å². The van der Waals surface area contributed by atoms with Gasteiger partial charge in [0.2, 0.25) is 0 Å². The Hall–Kier alpha value is -0.730. The van der Waals surface area contributed by atoms with E-state index in [-0.39, 0.29) is 6.10 Å². The van der Waals surface area contributed by atoms with Crippen LogP contribution in [0.1, 0.15) is 32.1 Å². The second kappa shape index (κ2) is 4.67. The van der Waals surface area contributed by atoms with Crippen LogP contribution in [0, 0.1) is 11.8 Å². The number of hydrogen-bond donors (Lipinski definition) is 0. The second-order valence-corrected chi connectivity index (χ2v) is 4.41. The number of nitrogens with zero attached hydrogens (tertiary/aromatic N) is 3. The van der Waals surface area contributed by atoms with E-state index in [1.807, 2.05) is 0 Å². The summed E-state index contributed by atoms with van der Waals surface area (Å²) in [4.78, 5) is 2.77. The first-order valence-electron chi connectivity index (χ1n) is 5.52. The molecule has 1 heterocycles. The van der Waals surface area contributed by atoms with Crippen molar-refractivity contribution in [1.29, 1.82) is 0 Å². The fourth-order valence-corrected chi connectivity index (χ4v) is 2.75. The minimum Gasteiger partial charge on any atom is -0.378 e. The van der Waals surface area contributed by atoms with Crippen molar-refractivity contribution in [2.75, 3.05) is 13.2 Å². The third kappa shape index (κ3) is 2.20. The van der Waals surface area contributed by atoms with E-state index in [1.165, 1.54) is 25.7 Å². The molecule has 2 atom stereocenters. The summed E-state index contributed by atoms with van der Waals surface area (Å²) in [6.07, 6.45) is 6.83. The van der Waals surface area contributed by atoms with Crippen molar-refractivity contribution in [3.05, 3.63) is 10.4 Å². The molecule has 0 aromatic rings. The van der Waals surface area contributed by atoms with Gasteiger partial charge in [0.1, 0.15) is 0 Å². The molecule has 78 valence electrons. The fraction of sp³-hybridized carbons (Fsp3) is 1.00. The largest absolute Gasteiger partial charge is 0.378 e. The maximum Gasteiger partial charge on any atom is 0.0635 e. The Balaban J connectivity index is 1.78. The normalized spacial score (nSPS) is 33.1. The number of azide groups is 1. The van der Waals surface area contributed by atoms with Crippen molar-refractivity contribution in [1.82, 2.24) is 0 Å². The fourth-order valence-electron chi connectivity index (χ4n) is 2.75. The summed E-state index contributed by atoms with van der Waals surface area (Å²) in [5.41, 5.74) is 8.21. The smallest absolute Gasteiger partial charge is 0.0635 e. The van der Waals surface area contributed by atoms with Gasteiger partial charge in [0, 0.05) is 4.91 Å². The highest BCUT2D eigenvalue weighted by Crippen LogP contribution is 2.37. The maximum atomic E-state index is 8.21. The molecule has 0 unspecified atom stereocenters. The highest BCUT2D eigenvalue weighted by atomic mass is 16.5. The Morgan fingerprint density at radius 1 is 1.29 bits per heavy atom. The molecule has 0 aromatic carbocycles. The van der Waals surface area contributed by atoms with Crippen molar-refractivity contribution >= 4 is 0 Å². The van der Waals surface area contributed by atoms with Crippen LogP contribution in [0.2, 0.25) is 0 Å². The Morgan fingerprint density at radius 2 is 2.07 bits per heavy atom. The molecule has 4 heteroatoms. The molecule has 2 aliphatic rings. The first-order chi connectivity index (χ1) is 6.90. The Bertz CT molecular complexity index is 232. The zero-order valence-electron chi connectivity index (χ0n) is 8.43. The van der Waals surface area contributed by atoms with E-state index in [4.69, 9.17) is 10.3 Å². The number of ether oxygens (including phenoxy) is 1. The lowest BCUT2D eigenvalue weighted by Gasteiger charge is -2.15. The van der Waals surface area contributed by atoms with Crippen LogP contribution in [0.3, 0.4) is 0 Å². The molecule has 14 heavy (non-hydrogen) atoms. The number of rotatable bonds is 3. The lowest BCUT2D eigenvalue weighted by Crippen LogP contribution is -2.12. The van der Waals surface area contributed by atoms with Crippen molar-refractivity contribution in [2.24, 2.45) is 17.0 Å². The Morgan fingerprint density at radius 3 is 2.79 bits per heavy atom. The van der Waals surface area contributed by atoms with Gasteiger partial charge in [-0.25, -0.2) is 0 Å². The molecule has 0 N–H and O–H groups in total. The molecule has 4 nitrogen and oxygen atoms in total. The van der Waals surface area contributed by atoms with E-state index in [9.17, 15) is 0 Å². The topological polar surface area (TPSA) is 58.0 Å². The predicted molar refractivity (Wildman–Crippen MR) is 53.8 cm³/mol. The predicted octanol–water partition coefficient (Wildman–Crippen LogP) is 2.89. The van der Waals surface area contributed by atoms with Gasteiger partial charge in [-0.3, -0.25) is 0 Å². The summed E-state index contributed by atoms with van der Waals surface area (Å²) in [6.45, 7) is 1.40. The van der Waals surface area contributed by atoms with Gasteiger partial charge in [0.15, 0.2) is 0 Å². The molecule has 0 radical (unpaired) electrons. The highest BCUT2D eigenvalue weighted by Gasteiger charge is 2.32. The van der Waals surface area contributed by atoms with E-state index in [0.717, 1.165) is 24.9 Å². The van der Waals surface area contributed by atoms with Crippen molar-refractivity contribution in [3.63, 3.8) is 0 Å². The molecular weight excluding hydrogens is 178 g/mol. The third-order valence-corrected chi connectivity index (χ3v) is 3.53. The lowest BCUT2D eigenvalue weighted by molar-refractivity contribution is 0.108. The van der Waals surface area contributed by atoms with Gasteiger partial charge in [-0.05, 0) is 23.8 Å². The van der Waals surface area contributed by atoms with E-state index >= 15 is 0 Å². The summed E-state index contributed by atoms with van der Waals surface area (Å²) < 4.78 is 5.62. The standard InChI is InChI=1S/C10H17N3O/c11-13-12-6-10-5-9(7-14-10)8-3-1-2-4-8/h8-10H,1-7H2/t9-,10-/m0/s1. The summed E-state index contributed by atoms with van der Waals surface area (Å²) in [6, 6.07) is 0. The van der Waals surface area contributed by atoms with Crippen LogP contribution < -0.4 is 0 Å². The molecular formula is C10H17N3O. The lowest BCUT2D eigenvalue weighted by atomic mass is 9.89. The summed E-state index contributed by atoms with van der Waals surface area (Å²) >= 11 is 0. The zero-order valence-corrected chi connectivity index (χ0v) is 8.43. The van der Waals surface area contributed by atoms with Crippen molar-refractivity contribution in [3.8, 4) is 0 Å². The van der Waals surface area contributed by atoms with E-state index < -0.39 is 0 Å². The zero-order chi connectivity index (χ0) is 9.80. The van der Waals surface area contributed by atoms with E-state index in [0.29, 0.717) is 6.54 Å². The summed E-state index contributed by atoms with van der Waals surface area (Å²) in [5.74, 6) is 1.61. The van der Waals surface area contributed by atoms with Crippen LogP contribution in [0.25, 0.3) is 10.4 Å². The Kier molecular flexibility index (Phi) is 3.27. The average molecular weight is 195 g/mol. The molecule has 0 aromatic heterocycles. The SMILES string of the molecule is [N-]=[N+]=NC[C@@H]1C[C@H](C2CCCC2)CO1. The van der Waals surface area contributed by atoms with Crippen LogP contribution in [-0.4, -0.2) is 19.3 Å². The molecule has 1 saturated heterocycles. The van der Waals surface area contributed by atoms with Crippen molar-refractivity contribution < 1.29 is 4.74 Å². The molecule has 1 aliphatic heterocycles. The summed E-state index contributed by atoms with van der Waals surface area (Å²) in [5, 5.41) is 3.57. The quantitative estimate of drug-likeness (QED) is 0.388. The first kappa shape index (κ1) is 9.81. The van der Waals surface area contributed by atoms with Crippen molar-refractivity contribution in [2.45, 2.75) is 38.2 Å². The number of hydrogen-bond acceptors (Lipinski definition) is 2. The maximum absolute atomic E-state index is 8.21. The molecule has 0 spiro atoms. The van der Waals surface area contributed by atoms with Gasteiger partial charge >= 0.3 is 0 Å². The van der Waals surface area contributed by atoms with Gasteiger partial charge in [0.05, 0.1) is 19.3 Å². The Labute approximate surface area is 84.3 Å². The average Bonchev–Trinajstić information content (AvgIpc) is 2.85. The van der Waals surface area contributed by atoms with Crippen LogP contribution in [0.5, 0.6) is 0 Å². The van der Waals surface area contributed by atoms with Crippen LogP contribution >= 0.6 is 0 Å². The van der Waals surface area contributed by atoms with Gasteiger partial charge in [-0.1, -0.05) is 30.8 Å². The molecule has 1 aliphatic carbocycles. The second-order valence-electron chi connectivity index (χ2n) is 4.41. The minimum absolute atomic E-state index is 0.191. The van der Waals surface area contributed by atoms with Gasteiger partial charge in [-0.2, -0.15) is 0 Å². The first-order valence-corrected chi connectivity index (χ1v) is 5.52. The molecule has 2 fully saturated rings. The van der Waals surface area contributed by atoms with Crippen LogP contribution in [0.4, 0.5) is 0 Å². The molecule has 0 amide bonds. The molecule has 2 rings (SSSR count). The van der Waals surface area contributed by atoms with E-state index in [2.05, 4.69) is 10.0 Å². The minimum atomic E-state index is 0.191. The third-order valence-electron chi connectivity index (χ3n) is 3.53. The van der Waals surface area contributed by atoms with E-state index in [1.54, 1.807) is 0 Å². The highest BCUT2D eigenvalue weighted by molar-refractivity contribution is 4.83. The van der Waals surface area contributed by atoms with Gasteiger partial charge < -0.3 is 4.74 Å². The van der Waals surface area contributed by atoms with Crippen LogP contribution in [0.15, 0.2) is 5.11 Å². The summed E-state index contributed by atoms with van der Waals surface area (Å²) in [7, 11) is 0.